The maximum absolute atomic E-state index is 10.9. The molecule has 0 aliphatic carbocycles. The van der Waals surface area contributed by atoms with Crippen LogP contribution in [0.4, 0.5) is 0 Å². The summed E-state index contributed by atoms with van der Waals surface area (Å²) in [6, 6.07) is 2.50. The molecule has 0 rings (SSSR count). The molecule has 0 aromatic rings. The van der Waals surface area contributed by atoms with Crippen LogP contribution in [0.25, 0.3) is 0 Å². The molecule has 0 saturated carbocycles. The Balaban J connectivity index is 5.24. The van der Waals surface area contributed by atoms with Gasteiger partial charge in [0, 0.05) is 0 Å². The van der Waals surface area contributed by atoms with Crippen LogP contribution < -0.4 is 0 Å². The van der Waals surface area contributed by atoms with Gasteiger partial charge in [-0.3, -0.25) is 0 Å². The quantitative estimate of drug-likeness (QED) is 0.487. The van der Waals surface area contributed by atoms with E-state index < -0.39 is 7.94 Å². The molecule has 0 atom stereocenters. The second-order valence-corrected chi connectivity index (χ2v) is 8.94. The SMILES string of the molecule is CC(C)N(O[PH](O)(CCC#N)ON(C(C)C)C(C)C)C(C)C. The van der Waals surface area contributed by atoms with Crippen molar-refractivity contribution >= 4 is 7.94 Å². The average Bonchev–Trinajstić information content (AvgIpc) is 2.39. The van der Waals surface area contributed by atoms with Crippen LogP contribution in [0.1, 0.15) is 61.8 Å². The third-order valence-electron chi connectivity index (χ3n) is 3.08. The summed E-state index contributed by atoms with van der Waals surface area (Å²) in [5.74, 6) is 0. The van der Waals surface area contributed by atoms with Crippen LogP contribution in [0.2, 0.25) is 0 Å². The second-order valence-electron chi connectivity index (χ2n) is 6.65. The molecule has 7 heteroatoms. The minimum atomic E-state index is -3.52. The van der Waals surface area contributed by atoms with Crippen molar-refractivity contribution in [2.45, 2.75) is 86.0 Å². The van der Waals surface area contributed by atoms with E-state index in [2.05, 4.69) is 6.07 Å². The summed E-state index contributed by atoms with van der Waals surface area (Å²) < 4.78 is 11.8. The van der Waals surface area contributed by atoms with Gasteiger partial charge in [0.25, 0.3) is 0 Å². The zero-order valence-corrected chi connectivity index (χ0v) is 16.3. The Morgan fingerprint density at radius 2 is 1.18 bits per heavy atom. The van der Waals surface area contributed by atoms with Gasteiger partial charge in [-0.05, 0) is 0 Å². The van der Waals surface area contributed by atoms with Gasteiger partial charge in [-0.15, -0.1) is 0 Å². The number of hydrogen-bond acceptors (Lipinski definition) is 6. The van der Waals surface area contributed by atoms with Crippen LogP contribution in [0.3, 0.4) is 0 Å². The van der Waals surface area contributed by atoms with E-state index in [4.69, 9.17) is 14.5 Å². The van der Waals surface area contributed by atoms with E-state index >= 15 is 0 Å². The van der Waals surface area contributed by atoms with Crippen molar-refractivity contribution in [1.82, 2.24) is 10.1 Å². The molecule has 0 aromatic carbocycles. The summed E-state index contributed by atoms with van der Waals surface area (Å²) in [5.41, 5.74) is 0. The van der Waals surface area contributed by atoms with Crippen molar-refractivity contribution in [1.29, 1.82) is 5.26 Å². The number of nitrogens with zero attached hydrogens (tertiary/aromatic N) is 3. The molecular weight excluding hydrogens is 301 g/mol. The Labute approximate surface area is 136 Å². The summed E-state index contributed by atoms with van der Waals surface area (Å²) in [6.07, 6.45) is 0.423. The van der Waals surface area contributed by atoms with Gasteiger partial charge in [0.1, 0.15) is 0 Å². The van der Waals surface area contributed by atoms with E-state index in [1.165, 1.54) is 0 Å². The molecule has 0 radical (unpaired) electrons. The number of rotatable bonds is 10. The summed E-state index contributed by atoms with van der Waals surface area (Å²) in [4.78, 5) is 10.9. The first-order chi connectivity index (χ1) is 10.0. The molecule has 6 nitrogen and oxygen atoms in total. The van der Waals surface area contributed by atoms with Crippen molar-refractivity contribution in [2.24, 2.45) is 0 Å². The van der Waals surface area contributed by atoms with E-state index in [1.54, 1.807) is 10.1 Å². The zero-order valence-electron chi connectivity index (χ0n) is 15.3. The van der Waals surface area contributed by atoms with Gasteiger partial charge in [-0.1, -0.05) is 0 Å². The maximum atomic E-state index is 10.9. The molecule has 0 bridgehead atoms. The van der Waals surface area contributed by atoms with E-state index in [-0.39, 0.29) is 36.8 Å². The Bertz CT molecular complexity index is 318. The first-order valence-electron chi connectivity index (χ1n) is 8.08. The van der Waals surface area contributed by atoms with Crippen LogP contribution in [-0.4, -0.2) is 45.3 Å². The van der Waals surface area contributed by atoms with Crippen LogP contribution >= 0.6 is 7.94 Å². The van der Waals surface area contributed by atoms with Crippen LogP contribution in [-0.2, 0) is 9.25 Å². The Morgan fingerprint density at radius 1 is 0.864 bits per heavy atom. The first-order valence-corrected chi connectivity index (χ1v) is 10.1. The van der Waals surface area contributed by atoms with Crippen molar-refractivity contribution in [3.63, 3.8) is 0 Å². The van der Waals surface area contributed by atoms with Crippen molar-refractivity contribution < 1.29 is 14.1 Å². The Kier molecular flexibility index (Phi) is 9.64. The Hall–Kier alpha value is -0.280. The predicted molar refractivity (Wildman–Crippen MR) is 92.0 cm³/mol. The van der Waals surface area contributed by atoms with E-state index in [1.807, 2.05) is 55.4 Å². The number of hydroxylamine groups is 4. The number of hydrogen-bond donors (Lipinski definition) is 1. The van der Waals surface area contributed by atoms with Gasteiger partial charge >= 0.3 is 136 Å². The van der Waals surface area contributed by atoms with Gasteiger partial charge < -0.3 is 0 Å². The minimum absolute atomic E-state index is 0.108. The fraction of sp³-hybridized carbons (Fsp3) is 0.933. The summed E-state index contributed by atoms with van der Waals surface area (Å²) >= 11 is 0. The first kappa shape index (κ1) is 21.7. The molecule has 0 spiro atoms. The van der Waals surface area contributed by atoms with Gasteiger partial charge in [0.15, 0.2) is 0 Å². The van der Waals surface area contributed by atoms with Gasteiger partial charge in [0.05, 0.1) is 0 Å². The fourth-order valence-electron chi connectivity index (χ4n) is 2.27. The topological polar surface area (TPSA) is 69.0 Å². The van der Waals surface area contributed by atoms with E-state index in [0.29, 0.717) is 0 Å². The molecule has 22 heavy (non-hydrogen) atoms. The average molecular weight is 335 g/mol. The van der Waals surface area contributed by atoms with E-state index in [9.17, 15) is 4.89 Å². The predicted octanol–water partition coefficient (Wildman–Crippen LogP) is 3.49. The van der Waals surface area contributed by atoms with Crippen molar-refractivity contribution in [2.75, 3.05) is 6.16 Å². The number of nitriles is 1. The summed E-state index contributed by atoms with van der Waals surface area (Å²) in [6.45, 7) is 16.0. The van der Waals surface area contributed by atoms with Crippen molar-refractivity contribution in [3.8, 4) is 6.07 Å². The molecule has 0 aliphatic heterocycles. The zero-order chi connectivity index (χ0) is 17.5. The summed E-state index contributed by atoms with van der Waals surface area (Å²) in [7, 11) is -3.52. The molecule has 0 aliphatic rings. The van der Waals surface area contributed by atoms with Gasteiger partial charge in [0.2, 0.25) is 0 Å². The molecule has 0 saturated heterocycles. The standard InChI is InChI=1S/C15H34N3O3P/c1-12(2)17(13(3)4)20-22(19,11-9-10-16)21-18(14(5)6)15(7)8/h12-15,19,22H,9,11H2,1-8H3. The van der Waals surface area contributed by atoms with Gasteiger partial charge in [-0.25, -0.2) is 0 Å². The fourth-order valence-corrected chi connectivity index (χ4v) is 4.41. The van der Waals surface area contributed by atoms with Gasteiger partial charge in [-0.2, -0.15) is 0 Å². The third kappa shape index (κ3) is 7.32. The third-order valence-corrected chi connectivity index (χ3v) is 4.96. The monoisotopic (exact) mass is 335 g/mol. The molecule has 1 N–H and O–H groups in total. The second kappa shape index (κ2) is 9.77. The van der Waals surface area contributed by atoms with Crippen LogP contribution in [0.5, 0.6) is 0 Å². The molecule has 132 valence electrons. The molecule has 0 aromatic heterocycles. The molecule has 0 fully saturated rings. The summed E-state index contributed by atoms with van der Waals surface area (Å²) in [5, 5.41) is 12.4. The van der Waals surface area contributed by atoms with E-state index in [0.717, 1.165) is 0 Å². The van der Waals surface area contributed by atoms with Crippen LogP contribution in [0, 0.1) is 11.3 Å². The molecular formula is C15H34N3O3P. The Morgan fingerprint density at radius 3 is 1.41 bits per heavy atom. The normalized spacial score (nSPS) is 13.9. The molecule has 0 unspecified atom stereocenters. The molecule has 0 amide bonds. The van der Waals surface area contributed by atoms with Crippen molar-refractivity contribution in [3.05, 3.63) is 0 Å². The molecule has 0 heterocycles. The van der Waals surface area contributed by atoms with Crippen LogP contribution in [0.15, 0.2) is 0 Å².